The van der Waals surface area contributed by atoms with Crippen molar-refractivity contribution in [2.75, 3.05) is 13.7 Å². The van der Waals surface area contributed by atoms with E-state index in [0.717, 1.165) is 37.6 Å². The molecule has 168 valence electrons. The number of ether oxygens (including phenoxy) is 2. The molecule has 5 nitrogen and oxygen atoms in total. The molecule has 0 spiro atoms. The van der Waals surface area contributed by atoms with Crippen molar-refractivity contribution in [3.05, 3.63) is 93.6 Å². The molecule has 0 saturated heterocycles. The maximum atomic E-state index is 12.8. The van der Waals surface area contributed by atoms with Crippen LogP contribution in [0, 0.1) is 6.92 Å². The van der Waals surface area contributed by atoms with E-state index in [1.165, 1.54) is 7.11 Å². The molecule has 0 unspecified atom stereocenters. The van der Waals surface area contributed by atoms with Crippen LogP contribution in [0.5, 0.6) is 0 Å². The second-order valence-electron chi connectivity index (χ2n) is 7.70. The van der Waals surface area contributed by atoms with Crippen LogP contribution in [-0.4, -0.2) is 30.2 Å². The first-order valence-corrected chi connectivity index (χ1v) is 11.5. The summed E-state index contributed by atoms with van der Waals surface area (Å²) in [6.07, 6.45) is 0. The molecule has 6 heteroatoms. The van der Waals surface area contributed by atoms with Gasteiger partial charge in [-0.25, -0.2) is 9.59 Å². The maximum Gasteiger partial charge on any atom is 0.356 e. The molecule has 0 saturated carbocycles. The Bertz CT molecular complexity index is 1340. The normalized spacial score (nSPS) is 10.9. The number of methoxy groups -OCH3 is 1. The van der Waals surface area contributed by atoms with Gasteiger partial charge in [-0.15, -0.1) is 0 Å². The molecule has 0 aliphatic carbocycles. The molecule has 0 amide bonds. The molecule has 33 heavy (non-hydrogen) atoms. The standard InChI is InChI=1S/C27H24BrNO4/c1-4-33-27(31)25-24(28)22-7-5-6-8-23(22)29(25)16-21-15-20(10-9-17(21)2)18-11-13-19(14-12-18)26(30)32-3/h5-15H,4,16H2,1-3H3. The highest BCUT2D eigenvalue weighted by molar-refractivity contribution is 9.10. The first kappa shape index (κ1) is 22.8. The molecule has 0 aliphatic heterocycles. The van der Waals surface area contributed by atoms with Crippen LogP contribution in [-0.2, 0) is 16.0 Å². The van der Waals surface area contributed by atoms with E-state index in [-0.39, 0.29) is 11.9 Å². The zero-order chi connectivity index (χ0) is 23.5. The summed E-state index contributed by atoms with van der Waals surface area (Å²) in [7, 11) is 1.37. The molecule has 4 aromatic rings. The number of hydrogen-bond donors (Lipinski definition) is 0. The Morgan fingerprint density at radius 2 is 1.64 bits per heavy atom. The van der Waals surface area contributed by atoms with Gasteiger partial charge in [-0.3, -0.25) is 0 Å². The summed E-state index contributed by atoms with van der Waals surface area (Å²) in [6, 6.07) is 21.5. The van der Waals surface area contributed by atoms with Crippen LogP contribution in [0.1, 0.15) is 38.9 Å². The summed E-state index contributed by atoms with van der Waals surface area (Å²) >= 11 is 3.62. The number of carbonyl (C=O) groups is 2. The van der Waals surface area contributed by atoms with Crippen molar-refractivity contribution in [3.8, 4) is 11.1 Å². The number of carbonyl (C=O) groups excluding carboxylic acids is 2. The molecule has 0 radical (unpaired) electrons. The molecule has 0 atom stereocenters. The van der Waals surface area contributed by atoms with Crippen molar-refractivity contribution in [2.24, 2.45) is 0 Å². The van der Waals surface area contributed by atoms with Gasteiger partial charge in [-0.05, 0) is 76.3 Å². The lowest BCUT2D eigenvalue weighted by Crippen LogP contribution is -2.14. The fraction of sp³-hybridized carbons (Fsp3) is 0.185. The largest absolute Gasteiger partial charge is 0.465 e. The second kappa shape index (κ2) is 9.63. The van der Waals surface area contributed by atoms with Gasteiger partial charge in [-0.1, -0.05) is 42.5 Å². The summed E-state index contributed by atoms with van der Waals surface area (Å²) in [5.41, 5.74) is 6.20. The summed E-state index contributed by atoms with van der Waals surface area (Å²) in [6.45, 7) is 4.69. The second-order valence-corrected chi connectivity index (χ2v) is 8.49. The molecular formula is C27H24BrNO4. The molecular weight excluding hydrogens is 482 g/mol. The quantitative estimate of drug-likeness (QED) is 0.285. The fourth-order valence-electron chi connectivity index (χ4n) is 3.93. The van der Waals surface area contributed by atoms with Crippen LogP contribution >= 0.6 is 15.9 Å². The van der Waals surface area contributed by atoms with Gasteiger partial charge in [-0.2, -0.15) is 0 Å². The number of rotatable bonds is 6. The van der Waals surface area contributed by atoms with Crippen molar-refractivity contribution in [2.45, 2.75) is 20.4 Å². The van der Waals surface area contributed by atoms with E-state index in [1.807, 2.05) is 41.0 Å². The van der Waals surface area contributed by atoms with Crippen LogP contribution in [0.3, 0.4) is 0 Å². The summed E-state index contributed by atoms with van der Waals surface area (Å²) in [5.74, 6) is -0.713. The average Bonchev–Trinajstić information content (AvgIpc) is 3.12. The van der Waals surface area contributed by atoms with E-state index in [9.17, 15) is 9.59 Å². The van der Waals surface area contributed by atoms with Gasteiger partial charge in [0.25, 0.3) is 0 Å². The van der Waals surface area contributed by atoms with Gasteiger partial charge in [0.05, 0.1) is 29.3 Å². The zero-order valence-electron chi connectivity index (χ0n) is 18.7. The van der Waals surface area contributed by atoms with Crippen LogP contribution in [0.4, 0.5) is 0 Å². The first-order chi connectivity index (χ1) is 15.9. The number of nitrogens with zero attached hydrogens (tertiary/aromatic N) is 1. The Morgan fingerprint density at radius 1 is 0.939 bits per heavy atom. The van der Waals surface area contributed by atoms with E-state index < -0.39 is 0 Å². The van der Waals surface area contributed by atoms with Crippen molar-refractivity contribution in [3.63, 3.8) is 0 Å². The van der Waals surface area contributed by atoms with E-state index in [4.69, 9.17) is 9.47 Å². The summed E-state index contributed by atoms with van der Waals surface area (Å²) in [5, 5.41) is 0.966. The molecule has 3 aromatic carbocycles. The van der Waals surface area contributed by atoms with Crippen LogP contribution in [0.2, 0.25) is 0 Å². The number of fused-ring (bicyclic) bond motifs is 1. The predicted octanol–water partition coefficient (Wildman–Crippen LogP) is 6.39. The lowest BCUT2D eigenvalue weighted by Gasteiger charge is -2.14. The van der Waals surface area contributed by atoms with Crippen molar-refractivity contribution >= 4 is 38.8 Å². The predicted molar refractivity (Wildman–Crippen MR) is 133 cm³/mol. The molecule has 4 rings (SSSR count). The average molecular weight is 506 g/mol. The lowest BCUT2D eigenvalue weighted by atomic mass is 9.98. The summed E-state index contributed by atoms with van der Waals surface area (Å²) < 4.78 is 12.9. The van der Waals surface area contributed by atoms with E-state index in [2.05, 4.69) is 41.1 Å². The third-order valence-electron chi connectivity index (χ3n) is 5.69. The minimum atomic E-state index is -0.359. The minimum Gasteiger partial charge on any atom is -0.465 e. The van der Waals surface area contributed by atoms with Crippen LogP contribution in [0.15, 0.2) is 71.2 Å². The van der Waals surface area contributed by atoms with Gasteiger partial charge in [0, 0.05) is 11.9 Å². The smallest absolute Gasteiger partial charge is 0.356 e. The third-order valence-corrected chi connectivity index (χ3v) is 6.50. The highest BCUT2D eigenvalue weighted by Crippen LogP contribution is 2.33. The number of hydrogen-bond acceptors (Lipinski definition) is 4. The van der Waals surface area contributed by atoms with Gasteiger partial charge in [0.1, 0.15) is 5.69 Å². The monoisotopic (exact) mass is 505 g/mol. The van der Waals surface area contributed by atoms with E-state index >= 15 is 0 Å². The van der Waals surface area contributed by atoms with Crippen LogP contribution < -0.4 is 0 Å². The van der Waals surface area contributed by atoms with Gasteiger partial charge >= 0.3 is 11.9 Å². The number of aromatic nitrogens is 1. The molecule has 1 heterocycles. The summed E-state index contributed by atoms with van der Waals surface area (Å²) in [4.78, 5) is 24.6. The van der Waals surface area contributed by atoms with Crippen molar-refractivity contribution < 1.29 is 19.1 Å². The highest BCUT2D eigenvalue weighted by Gasteiger charge is 2.23. The molecule has 0 aliphatic rings. The zero-order valence-corrected chi connectivity index (χ0v) is 20.3. The third kappa shape index (κ3) is 4.44. The molecule has 0 fully saturated rings. The number of esters is 2. The van der Waals surface area contributed by atoms with Crippen LogP contribution in [0.25, 0.3) is 22.0 Å². The SMILES string of the molecule is CCOC(=O)c1c(Br)c2ccccc2n1Cc1cc(-c2ccc(C(=O)OC)cc2)ccc1C. The topological polar surface area (TPSA) is 57.5 Å². The number of aryl methyl sites for hydroxylation is 1. The minimum absolute atomic E-state index is 0.308. The molecule has 0 N–H and O–H groups in total. The number of halogens is 1. The highest BCUT2D eigenvalue weighted by atomic mass is 79.9. The molecule has 0 bridgehead atoms. The van der Waals surface area contributed by atoms with Gasteiger partial charge in [0.2, 0.25) is 0 Å². The Labute approximate surface area is 201 Å². The Morgan fingerprint density at radius 3 is 2.33 bits per heavy atom. The Balaban J connectivity index is 1.77. The van der Waals surface area contributed by atoms with Crippen molar-refractivity contribution in [1.82, 2.24) is 4.57 Å². The number of benzene rings is 3. The van der Waals surface area contributed by atoms with Crippen molar-refractivity contribution in [1.29, 1.82) is 0 Å². The maximum absolute atomic E-state index is 12.8. The fourth-order valence-corrected chi connectivity index (χ4v) is 4.64. The molecule has 1 aromatic heterocycles. The van der Waals surface area contributed by atoms with E-state index in [1.54, 1.807) is 19.1 Å². The van der Waals surface area contributed by atoms with Gasteiger partial charge in [0.15, 0.2) is 0 Å². The number of para-hydroxylation sites is 1. The lowest BCUT2D eigenvalue weighted by molar-refractivity contribution is 0.0513. The Hall–Kier alpha value is -3.38. The van der Waals surface area contributed by atoms with Gasteiger partial charge < -0.3 is 14.0 Å². The Kier molecular flexibility index (Phi) is 6.65. The first-order valence-electron chi connectivity index (χ1n) is 10.7. The van der Waals surface area contributed by atoms with E-state index in [0.29, 0.717) is 24.4 Å².